The first-order valence-corrected chi connectivity index (χ1v) is 8.22. The first-order valence-electron chi connectivity index (χ1n) is 8.22. The van der Waals surface area contributed by atoms with Crippen LogP contribution in [0.1, 0.15) is 54.4 Å². The van der Waals surface area contributed by atoms with Crippen molar-refractivity contribution in [3.8, 4) is 0 Å². The number of hydrogen-bond acceptors (Lipinski definition) is 4. The highest BCUT2D eigenvalue weighted by molar-refractivity contribution is 6.08. The van der Waals surface area contributed by atoms with Crippen molar-refractivity contribution in [3.05, 3.63) is 0 Å². The lowest BCUT2D eigenvalue weighted by molar-refractivity contribution is -0.139. The number of carbonyl (C=O) groups is 2. The Hall–Kier alpha value is -1.14. The molecule has 0 aromatic carbocycles. The van der Waals surface area contributed by atoms with Crippen LogP contribution in [0.2, 0.25) is 0 Å². The lowest BCUT2D eigenvalue weighted by Crippen LogP contribution is -2.55. The molecular formula is C17H32N2O4. The SMILES string of the molecule is CC(C)(C)[C@H](CO)NC(=O)C1(C(=O)N[C@@H](CO)C(C)(C)C)CC1. The van der Waals surface area contributed by atoms with Crippen LogP contribution in [0, 0.1) is 16.2 Å². The van der Waals surface area contributed by atoms with Crippen LogP contribution in [-0.2, 0) is 9.59 Å². The molecule has 0 aromatic heterocycles. The highest BCUT2D eigenvalue weighted by Gasteiger charge is 2.57. The first kappa shape index (κ1) is 19.9. The summed E-state index contributed by atoms with van der Waals surface area (Å²) in [6.07, 6.45) is 0.991. The number of nitrogens with one attached hydrogen (secondary N) is 2. The molecule has 1 rings (SSSR count). The number of amides is 2. The molecule has 0 radical (unpaired) electrons. The average molecular weight is 328 g/mol. The molecule has 0 heterocycles. The van der Waals surface area contributed by atoms with Crippen molar-refractivity contribution < 1.29 is 19.8 Å². The van der Waals surface area contributed by atoms with Gasteiger partial charge in [0.25, 0.3) is 0 Å². The van der Waals surface area contributed by atoms with Crippen LogP contribution in [0.5, 0.6) is 0 Å². The second-order valence-electron chi connectivity index (χ2n) is 8.73. The smallest absolute Gasteiger partial charge is 0.236 e. The third-order valence-corrected chi connectivity index (χ3v) is 4.69. The molecule has 2 atom stereocenters. The van der Waals surface area contributed by atoms with E-state index in [2.05, 4.69) is 10.6 Å². The summed E-state index contributed by atoms with van der Waals surface area (Å²) in [5, 5.41) is 24.6. The molecular weight excluding hydrogens is 296 g/mol. The van der Waals surface area contributed by atoms with Crippen molar-refractivity contribution in [1.82, 2.24) is 10.6 Å². The molecule has 1 saturated carbocycles. The molecule has 0 saturated heterocycles. The van der Waals surface area contributed by atoms with Crippen LogP contribution in [0.4, 0.5) is 0 Å². The molecule has 6 nitrogen and oxygen atoms in total. The number of rotatable bonds is 6. The van der Waals surface area contributed by atoms with Gasteiger partial charge in [-0.2, -0.15) is 0 Å². The quantitative estimate of drug-likeness (QED) is 0.542. The maximum Gasteiger partial charge on any atom is 0.236 e. The Morgan fingerprint density at radius 3 is 1.35 bits per heavy atom. The lowest BCUT2D eigenvalue weighted by atomic mass is 9.86. The van der Waals surface area contributed by atoms with Crippen LogP contribution in [-0.4, -0.2) is 47.3 Å². The summed E-state index contributed by atoms with van der Waals surface area (Å²) >= 11 is 0. The van der Waals surface area contributed by atoms with Crippen LogP contribution in [0.25, 0.3) is 0 Å². The van der Waals surface area contributed by atoms with Crippen molar-refractivity contribution >= 4 is 11.8 Å². The van der Waals surface area contributed by atoms with Gasteiger partial charge in [-0.3, -0.25) is 9.59 Å². The van der Waals surface area contributed by atoms with E-state index in [1.165, 1.54) is 0 Å². The van der Waals surface area contributed by atoms with Gasteiger partial charge in [0.2, 0.25) is 11.8 Å². The van der Waals surface area contributed by atoms with Crippen molar-refractivity contribution in [3.63, 3.8) is 0 Å². The van der Waals surface area contributed by atoms with E-state index in [9.17, 15) is 19.8 Å². The zero-order valence-electron chi connectivity index (χ0n) is 15.2. The Kier molecular flexibility index (Phi) is 5.86. The van der Waals surface area contributed by atoms with Gasteiger partial charge in [-0.05, 0) is 23.7 Å². The second kappa shape index (κ2) is 6.77. The molecule has 0 aromatic rings. The summed E-state index contributed by atoms with van der Waals surface area (Å²) in [5.41, 5.74) is -1.65. The summed E-state index contributed by atoms with van der Waals surface area (Å²) in [7, 11) is 0. The molecule has 4 N–H and O–H groups in total. The van der Waals surface area contributed by atoms with E-state index in [-0.39, 0.29) is 35.9 Å². The van der Waals surface area contributed by atoms with Crippen molar-refractivity contribution in [2.24, 2.45) is 16.2 Å². The molecule has 0 bridgehead atoms. The summed E-state index contributed by atoms with van der Waals surface area (Å²) in [6, 6.07) is -0.812. The minimum absolute atomic E-state index is 0.172. The van der Waals surface area contributed by atoms with Crippen LogP contribution in [0.15, 0.2) is 0 Å². The third kappa shape index (κ3) is 4.67. The Morgan fingerprint density at radius 2 is 1.17 bits per heavy atom. The highest BCUT2D eigenvalue weighted by atomic mass is 16.3. The van der Waals surface area contributed by atoms with E-state index >= 15 is 0 Å². The summed E-state index contributed by atoms with van der Waals surface area (Å²) in [6.45, 7) is 11.2. The zero-order chi connectivity index (χ0) is 18.1. The fourth-order valence-corrected chi connectivity index (χ4v) is 2.35. The Labute approximate surface area is 139 Å². The van der Waals surface area contributed by atoms with E-state index in [4.69, 9.17) is 0 Å². The highest BCUT2D eigenvalue weighted by Crippen LogP contribution is 2.46. The summed E-state index contributed by atoms with van der Waals surface area (Å²) < 4.78 is 0. The minimum Gasteiger partial charge on any atom is -0.394 e. The molecule has 0 aliphatic heterocycles. The van der Waals surface area contributed by atoms with Gasteiger partial charge in [0.15, 0.2) is 0 Å². The predicted molar refractivity (Wildman–Crippen MR) is 88.6 cm³/mol. The Morgan fingerprint density at radius 1 is 0.870 bits per heavy atom. The number of carbonyl (C=O) groups excluding carboxylic acids is 2. The summed E-state index contributed by atoms with van der Waals surface area (Å²) in [5.74, 6) is -0.677. The largest absolute Gasteiger partial charge is 0.394 e. The lowest BCUT2D eigenvalue weighted by Gasteiger charge is -2.33. The van der Waals surface area contributed by atoms with Gasteiger partial charge in [-0.1, -0.05) is 41.5 Å². The third-order valence-electron chi connectivity index (χ3n) is 4.69. The van der Waals surface area contributed by atoms with Crippen molar-refractivity contribution in [2.45, 2.75) is 66.5 Å². The maximum absolute atomic E-state index is 12.6. The van der Waals surface area contributed by atoms with Crippen LogP contribution in [0.3, 0.4) is 0 Å². The Bertz CT molecular complexity index is 406. The van der Waals surface area contributed by atoms with Crippen LogP contribution >= 0.6 is 0 Å². The normalized spacial score (nSPS) is 19.7. The molecule has 134 valence electrons. The fourth-order valence-electron chi connectivity index (χ4n) is 2.35. The van der Waals surface area contributed by atoms with Gasteiger partial charge in [-0.25, -0.2) is 0 Å². The van der Waals surface area contributed by atoms with Gasteiger partial charge >= 0.3 is 0 Å². The molecule has 0 spiro atoms. The maximum atomic E-state index is 12.6. The van der Waals surface area contributed by atoms with Crippen molar-refractivity contribution in [2.75, 3.05) is 13.2 Å². The number of hydrogen-bond donors (Lipinski definition) is 4. The molecule has 1 aliphatic carbocycles. The molecule has 6 heteroatoms. The zero-order valence-corrected chi connectivity index (χ0v) is 15.2. The number of aliphatic hydroxyl groups is 2. The fraction of sp³-hybridized carbons (Fsp3) is 0.882. The van der Waals surface area contributed by atoms with Gasteiger partial charge in [0.1, 0.15) is 5.41 Å². The van der Waals surface area contributed by atoms with Crippen molar-refractivity contribution in [1.29, 1.82) is 0 Å². The topological polar surface area (TPSA) is 98.7 Å². The second-order valence-corrected chi connectivity index (χ2v) is 8.73. The predicted octanol–water partition coefficient (Wildman–Crippen LogP) is 0.813. The standard InChI is InChI=1S/C17H32N2O4/c1-15(2,3)11(9-20)18-13(22)17(7-8-17)14(23)19-12(10-21)16(4,5)6/h11-12,20-21H,7-10H2,1-6H3,(H,18,22)(H,19,23)/t11-,12-/m0/s1. The molecule has 1 fully saturated rings. The van der Waals surface area contributed by atoms with E-state index in [0.29, 0.717) is 12.8 Å². The van der Waals surface area contributed by atoms with E-state index in [1.807, 2.05) is 41.5 Å². The van der Waals surface area contributed by atoms with E-state index < -0.39 is 17.5 Å². The molecule has 2 amide bonds. The van der Waals surface area contributed by atoms with E-state index in [0.717, 1.165) is 0 Å². The van der Waals surface area contributed by atoms with Gasteiger partial charge in [0, 0.05) is 0 Å². The van der Waals surface area contributed by atoms with Crippen LogP contribution < -0.4 is 10.6 Å². The molecule has 0 unspecified atom stereocenters. The van der Waals surface area contributed by atoms with Gasteiger partial charge in [-0.15, -0.1) is 0 Å². The first-order chi connectivity index (χ1) is 10.4. The van der Waals surface area contributed by atoms with Gasteiger partial charge in [0.05, 0.1) is 25.3 Å². The monoisotopic (exact) mass is 328 g/mol. The van der Waals surface area contributed by atoms with Gasteiger partial charge < -0.3 is 20.8 Å². The number of aliphatic hydroxyl groups excluding tert-OH is 2. The molecule has 1 aliphatic rings. The average Bonchev–Trinajstić information content (AvgIpc) is 3.20. The van der Waals surface area contributed by atoms with E-state index in [1.54, 1.807) is 0 Å². The minimum atomic E-state index is -1.06. The summed E-state index contributed by atoms with van der Waals surface area (Å²) in [4.78, 5) is 25.1. The Balaban J connectivity index is 2.79. The molecule has 23 heavy (non-hydrogen) atoms.